The Hall–Kier alpha value is -1.43. The van der Waals surface area contributed by atoms with Crippen LogP contribution in [0, 0.1) is 0 Å². The highest BCUT2D eigenvalue weighted by molar-refractivity contribution is 5.87. The number of hydrogen-bond donors (Lipinski definition) is 2. The number of hydrogen-bond acceptors (Lipinski definition) is 5. The van der Waals surface area contributed by atoms with Crippen molar-refractivity contribution < 1.29 is 19.1 Å². The first-order valence-corrected chi connectivity index (χ1v) is 3.69. The Morgan fingerprint density at radius 2 is 1.92 bits per heavy atom. The lowest BCUT2D eigenvalue weighted by atomic mass is 10.1. The third-order valence-corrected chi connectivity index (χ3v) is 1.25. The van der Waals surface area contributed by atoms with Crippen LogP contribution < -0.4 is 11.5 Å². The van der Waals surface area contributed by atoms with Gasteiger partial charge in [0.1, 0.15) is 6.04 Å². The number of amides is 1. The summed E-state index contributed by atoms with van der Waals surface area (Å²) in [6, 6.07) is -0.976. The van der Waals surface area contributed by atoms with Gasteiger partial charge in [-0.15, -0.1) is 0 Å². The van der Waals surface area contributed by atoms with Gasteiger partial charge in [0.05, 0.1) is 0 Å². The molecule has 0 fully saturated rings. The van der Waals surface area contributed by atoms with Crippen molar-refractivity contribution in [1.29, 1.82) is 0 Å². The molecule has 0 rings (SSSR count). The Labute approximate surface area is 75.2 Å². The molecule has 6 heteroatoms. The van der Waals surface area contributed by atoms with Crippen LogP contribution in [0.25, 0.3) is 0 Å². The number of ether oxygens (including phenoxy) is 1. The fourth-order valence-corrected chi connectivity index (χ4v) is 0.633. The first-order valence-electron chi connectivity index (χ1n) is 3.69. The van der Waals surface area contributed by atoms with E-state index < -0.39 is 23.9 Å². The van der Waals surface area contributed by atoms with Crippen LogP contribution in [0.5, 0.6) is 0 Å². The van der Waals surface area contributed by atoms with E-state index in [-0.39, 0.29) is 12.8 Å². The second-order valence-electron chi connectivity index (χ2n) is 2.52. The first kappa shape index (κ1) is 11.6. The highest BCUT2D eigenvalue weighted by atomic mass is 16.6. The predicted molar refractivity (Wildman–Crippen MR) is 43.2 cm³/mol. The number of carbonyl (C=O) groups excluding carboxylic acids is 3. The van der Waals surface area contributed by atoms with E-state index in [1.165, 1.54) is 0 Å². The van der Waals surface area contributed by atoms with E-state index in [4.69, 9.17) is 11.5 Å². The van der Waals surface area contributed by atoms with Crippen LogP contribution in [0.15, 0.2) is 0 Å². The molecule has 0 saturated carbocycles. The van der Waals surface area contributed by atoms with Gasteiger partial charge in [-0.25, -0.2) is 4.79 Å². The third kappa shape index (κ3) is 5.80. The predicted octanol–water partition coefficient (Wildman–Crippen LogP) is -1.33. The Balaban J connectivity index is 3.82. The van der Waals surface area contributed by atoms with Crippen LogP contribution in [0.3, 0.4) is 0 Å². The summed E-state index contributed by atoms with van der Waals surface area (Å²) >= 11 is 0. The normalized spacial score (nSPS) is 11.8. The van der Waals surface area contributed by atoms with Gasteiger partial charge in [0.15, 0.2) is 0 Å². The average Bonchev–Trinajstić information content (AvgIpc) is 1.98. The molecule has 1 amide bonds. The lowest BCUT2D eigenvalue weighted by molar-refractivity contribution is -0.159. The van der Waals surface area contributed by atoms with E-state index in [0.717, 1.165) is 6.92 Å². The quantitative estimate of drug-likeness (QED) is 0.419. The van der Waals surface area contributed by atoms with Gasteiger partial charge >= 0.3 is 11.9 Å². The Kier molecular flexibility index (Phi) is 4.68. The van der Waals surface area contributed by atoms with Gasteiger partial charge in [0.25, 0.3) is 0 Å². The number of rotatable bonds is 4. The molecule has 6 nitrogen and oxygen atoms in total. The van der Waals surface area contributed by atoms with Crippen LogP contribution >= 0.6 is 0 Å². The van der Waals surface area contributed by atoms with Crippen LogP contribution in [0.1, 0.15) is 19.8 Å². The molecular weight excluding hydrogens is 176 g/mol. The number of esters is 2. The Morgan fingerprint density at radius 3 is 2.31 bits per heavy atom. The molecule has 4 N–H and O–H groups in total. The molecule has 0 heterocycles. The minimum atomic E-state index is -0.976. The van der Waals surface area contributed by atoms with Gasteiger partial charge in [0.2, 0.25) is 5.91 Å². The van der Waals surface area contributed by atoms with Crippen molar-refractivity contribution >= 4 is 17.8 Å². The van der Waals surface area contributed by atoms with Gasteiger partial charge in [-0.1, -0.05) is 0 Å². The van der Waals surface area contributed by atoms with Gasteiger partial charge in [-0.2, -0.15) is 0 Å². The topological polar surface area (TPSA) is 112 Å². The zero-order valence-electron chi connectivity index (χ0n) is 7.28. The largest absolute Gasteiger partial charge is 0.392 e. The molecule has 0 aromatic heterocycles. The van der Waals surface area contributed by atoms with Crippen LogP contribution in [0.2, 0.25) is 0 Å². The fourth-order valence-electron chi connectivity index (χ4n) is 0.633. The van der Waals surface area contributed by atoms with E-state index in [1.807, 2.05) is 0 Å². The molecule has 1 atom stereocenters. The molecule has 0 aromatic rings. The highest BCUT2D eigenvalue weighted by Crippen LogP contribution is 1.96. The summed E-state index contributed by atoms with van der Waals surface area (Å²) < 4.78 is 4.19. The molecule has 13 heavy (non-hydrogen) atoms. The van der Waals surface area contributed by atoms with Gasteiger partial charge in [-0.05, 0) is 6.42 Å². The maximum absolute atomic E-state index is 10.8. The molecule has 0 spiro atoms. The summed E-state index contributed by atoms with van der Waals surface area (Å²) in [6.45, 7) is 1.10. The third-order valence-electron chi connectivity index (χ3n) is 1.25. The van der Waals surface area contributed by atoms with E-state index in [9.17, 15) is 14.4 Å². The lowest BCUT2D eigenvalue weighted by Crippen LogP contribution is -2.34. The summed E-state index contributed by atoms with van der Waals surface area (Å²) in [5.41, 5.74) is 10.1. The summed E-state index contributed by atoms with van der Waals surface area (Å²) in [5, 5.41) is 0. The summed E-state index contributed by atoms with van der Waals surface area (Å²) in [4.78, 5) is 31.4. The monoisotopic (exact) mass is 188 g/mol. The van der Waals surface area contributed by atoms with Crippen molar-refractivity contribution in [2.45, 2.75) is 25.8 Å². The second kappa shape index (κ2) is 5.26. The summed E-state index contributed by atoms with van der Waals surface area (Å²) in [7, 11) is 0. The Morgan fingerprint density at radius 1 is 1.38 bits per heavy atom. The van der Waals surface area contributed by atoms with Gasteiger partial charge < -0.3 is 16.2 Å². The fraction of sp³-hybridized carbons (Fsp3) is 0.571. The molecule has 0 aliphatic rings. The molecular formula is C7H12N2O4. The number of carbonyl (C=O) groups is 3. The molecule has 74 valence electrons. The van der Waals surface area contributed by atoms with E-state index >= 15 is 0 Å². The maximum atomic E-state index is 10.8. The van der Waals surface area contributed by atoms with Crippen LogP contribution in [-0.2, 0) is 19.1 Å². The summed E-state index contributed by atoms with van der Waals surface area (Å²) in [5.74, 6) is -2.11. The molecule has 0 radical (unpaired) electrons. The van der Waals surface area contributed by atoms with Crippen molar-refractivity contribution in [3.05, 3.63) is 0 Å². The molecule has 0 aliphatic carbocycles. The summed E-state index contributed by atoms with van der Waals surface area (Å²) in [6.07, 6.45) is 0.0790. The minimum absolute atomic E-state index is 0.00578. The maximum Gasteiger partial charge on any atom is 0.330 e. The van der Waals surface area contributed by atoms with E-state index in [0.29, 0.717) is 0 Å². The molecule has 1 unspecified atom stereocenters. The van der Waals surface area contributed by atoms with Crippen molar-refractivity contribution in [2.24, 2.45) is 11.5 Å². The molecule has 0 aromatic carbocycles. The zero-order chi connectivity index (χ0) is 10.4. The van der Waals surface area contributed by atoms with Crippen molar-refractivity contribution in [2.75, 3.05) is 0 Å². The van der Waals surface area contributed by atoms with E-state index in [2.05, 4.69) is 4.74 Å². The molecule has 0 bridgehead atoms. The van der Waals surface area contributed by atoms with Crippen LogP contribution in [0.4, 0.5) is 0 Å². The van der Waals surface area contributed by atoms with Crippen LogP contribution in [-0.4, -0.2) is 23.9 Å². The van der Waals surface area contributed by atoms with Gasteiger partial charge in [0, 0.05) is 13.3 Å². The lowest BCUT2D eigenvalue weighted by Gasteiger charge is -2.07. The Bertz CT molecular complexity index is 227. The molecule has 0 aliphatic heterocycles. The average molecular weight is 188 g/mol. The second-order valence-corrected chi connectivity index (χ2v) is 2.52. The zero-order valence-corrected chi connectivity index (χ0v) is 7.28. The minimum Gasteiger partial charge on any atom is -0.392 e. The SMILES string of the molecule is CC(=O)OC(=O)C(N)CCC(N)=O. The number of primary amides is 1. The standard InChI is InChI=1S/C7H12N2O4/c1-4(10)13-7(12)5(8)2-3-6(9)11/h5H,2-3,8H2,1H3,(H2,9,11). The van der Waals surface area contributed by atoms with E-state index in [1.54, 1.807) is 0 Å². The first-order chi connectivity index (χ1) is 5.93. The highest BCUT2D eigenvalue weighted by Gasteiger charge is 2.17. The van der Waals surface area contributed by atoms with Crippen molar-refractivity contribution in [3.63, 3.8) is 0 Å². The van der Waals surface area contributed by atoms with Gasteiger partial charge in [-0.3, -0.25) is 9.59 Å². The van der Waals surface area contributed by atoms with Crippen molar-refractivity contribution in [3.8, 4) is 0 Å². The van der Waals surface area contributed by atoms with Crippen molar-refractivity contribution in [1.82, 2.24) is 0 Å². The number of nitrogens with two attached hydrogens (primary N) is 2. The molecule has 0 saturated heterocycles. The smallest absolute Gasteiger partial charge is 0.330 e.